The Bertz CT molecular complexity index is 958. The molecule has 1 heterocycles. The van der Waals surface area contributed by atoms with Crippen LogP contribution >= 0.6 is 0 Å². The Morgan fingerprint density at radius 1 is 0.850 bits per heavy atom. The van der Waals surface area contributed by atoms with Crippen molar-refractivity contribution in [1.82, 2.24) is 9.80 Å². The molecule has 0 bridgehead atoms. The minimum Gasteiger partial charge on any atom is -0.338 e. The van der Waals surface area contributed by atoms with Crippen molar-refractivity contribution in [2.24, 2.45) is 17.8 Å². The molecule has 4 heteroatoms. The van der Waals surface area contributed by atoms with Crippen LogP contribution in [0.5, 0.6) is 0 Å². The van der Waals surface area contributed by atoms with Crippen molar-refractivity contribution < 1.29 is 9.59 Å². The summed E-state index contributed by atoms with van der Waals surface area (Å²) in [5.74, 6) is 0.837. The van der Waals surface area contributed by atoms with Crippen LogP contribution < -0.4 is 0 Å². The molecule has 0 aromatic heterocycles. The molecule has 4 nitrogen and oxygen atoms in total. The molecule has 0 N–H and O–H groups in total. The molecule has 4 rings (SSSR count). The zero-order valence-corrected chi connectivity index (χ0v) is 24.4. The highest BCUT2D eigenvalue weighted by Crippen LogP contribution is 2.35. The topological polar surface area (TPSA) is 40.6 Å². The van der Waals surface area contributed by atoms with Crippen molar-refractivity contribution in [1.29, 1.82) is 0 Å². The lowest BCUT2D eigenvalue weighted by Crippen LogP contribution is -2.48. The normalized spacial score (nSPS) is 19.3. The average Bonchev–Trinajstić information content (AvgIpc) is 3.46. The number of carbonyl (C=O) groups excluding carboxylic acids is 2. The molecule has 2 fully saturated rings. The van der Waals surface area contributed by atoms with E-state index in [9.17, 15) is 9.59 Å². The Hall–Kier alpha value is -2.46. The molecule has 2 aromatic carbocycles. The summed E-state index contributed by atoms with van der Waals surface area (Å²) in [6.07, 6.45) is 11.3. The predicted octanol–water partition coefficient (Wildman–Crippen LogP) is 7.60. The van der Waals surface area contributed by atoms with Crippen LogP contribution in [0, 0.1) is 17.8 Å². The van der Waals surface area contributed by atoms with E-state index >= 15 is 0 Å². The molecule has 0 unspecified atom stereocenters. The minimum absolute atomic E-state index is 0. The Balaban J connectivity index is 0.00000441. The van der Waals surface area contributed by atoms with E-state index in [2.05, 4.69) is 77.4 Å². The van der Waals surface area contributed by atoms with Crippen LogP contribution in [0.2, 0.25) is 0 Å². The van der Waals surface area contributed by atoms with Crippen molar-refractivity contribution in [3.63, 3.8) is 0 Å². The van der Waals surface area contributed by atoms with Gasteiger partial charge < -0.3 is 9.80 Å². The van der Waals surface area contributed by atoms with Gasteiger partial charge in [-0.15, -0.1) is 0 Å². The summed E-state index contributed by atoms with van der Waals surface area (Å²) in [6.45, 7) is 7.86. The van der Waals surface area contributed by atoms with Crippen molar-refractivity contribution in [3.8, 4) is 0 Å². The van der Waals surface area contributed by atoms with Gasteiger partial charge in [0, 0.05) is 50.5 Å². The van der Waals surface area contributed by atoms with Crippen molar-refractivity contribution >= 4 is 11.7 Å². The number of Topliss-reactive ketones (excluding diaryl/α,β-unsaturated/α-hetero) is 1. The third-order valence-electron chi connectivity index (χ3n) is 9.37. The standard InChI is InChI=1S/C35H50N2O2.CH4/c1-3-28(2)34(38)26-33(31-18-11-6-12-19-31)35(39)37-23-13-20-32(37)27-36(24-21-29-14-7-4-8-15-29)25-22-30-16-9-5-10-17-30;/h4-5,7-10,14-17,28,31-33H,3,6,11-13,18-27H2,1-2H3;1H4/t28-,32+,33+;/m1./s1. The van der Waals surface area contributed by atoms with E-state index in [1.54, 1.807) is 0 Å². The maximum absolute atomic E-state index is 14.2. The maximum atomic E-state index is 14.2. The molecule has 1 aliphatic carbocycles. The molecule has 220 valence electrons. The molecule has 0 spiro atoms. The maximum Gasteiger partial charge on any atom is 0.226 e. The van der Waals surface area contributed by atoms with E-state index in [1.165, 1.54) is 30.4 Å². The highest BCUT2D eigenvalue weighted by molar-refractivity contribution is 5.88. The second kappa shape index (κ2) is 16.7. The van der Waals surface area contributed by atoms with Crippen LogP contribution in [-0.4, -0.2) is 53.7 Å². The van der Waals surface area contributed by atoms with Crippen LogP contribution in [0.4, 0.5) is 0 Å². The average molecular weight is 547 g/mol. The SMILES string of the molecule is C.CC[C@@H](C)C(=O)C[C@H](C(=O)N1CCC[C@H]1CN(CCc1ccccc1)CCc1ccccc1)C1CCCCC1. The number of benzene rings is 2. The second-order valence-corrected chi connectivity index (χ2v) is 12.1. The Kier molecular flexibility index (Phi) is 13.4. The summed E-state index contributed by atoms with van der Waals surface area (Å²) in [7, 11) is 0. The minimum atomic E-state index is -0.130. The summed E-state index contributed by atoms with van der Waals surface area (Å²) in [5, 5.41) is 0. The number of amides is 1. The third-order valence-corrected chi connectivity index (χ3v) is 9.37. The Morgan fingerprint density at radius 3 is 1.98 bits per heavy atom. The van der Waals surface area contributed by atoms with Gasteiger partial charge in [-0.2, -0.15) is 0 Å². The number of carbonyl (C=O) groups is 2. The molecule has 1 saturated carbocycles. The molecule has 2 aromatic rings. The largest absolute Gasteiger partial charge is 0.338 e. The van der Waals surface area contributed by atoms with E-state index in [-0.39, 0.29) is 37.0 Å². The summed E-state index contributed by atoms with van der Waals surface area (Å²) in [4.78, 5) is 32.0. The van der Waals surface area contributed by atoms with Gasteiger partial charge in [-0.05, 0) is 62.0 Å². The lowest BCUT2D eigenvalue weighted by atomic mass is 9.76. The number of nitrogens with zero attached hydrogens (tertiary/aromatic N) is 2. The van der Waals surface area contributed by atoms with Gasteiger partial charge in [0.15, 0.2) is 0 Å². The van der Waals surface area contributed by atoms with Crippen molar-refractivity contribution in [2.75, 3.05) is 26.2 Å². The molecule has 1 aliphatic heterocycles. The van der Waals surface area contributed by atoms with Gasteiger partial charge in [-0.25, -0.2) is 0 Å². The summed E-state index contributed by atoms with van der Waals surface area (Å²) < 4.78 is 0. The molecular weight excluding hydrogens is 492 g/mol. The van der Waals surface area contributed by atoms with Gasteiger partial charge in [0.2, 0.25) is 5.91 Å². The number of rotatable bonds is 14. The first-order valence-corrected chi connectivity index (χ1v) is 15.7. The molecule has 1 saturated heterocycles. The van der Waals surface area contributed by atoms with Gasteiger partial charge in [0.1, 0.15) is 5.78 Å². The summed E-state index contributed by atoms with van der Waals surface area (Å²) >= 11 is 0. The number of hydrogen-bond donors (Lipinski definition) is 0. The highest BCUT2D eigenvalue weighted by Gasteiger charge is 2.39. The van der Waals surface area contributed by atoms with Gasteiger partial charge in [0.05, 0.1) is 0 Å². The van der Waals surface area contributed by atoms with Gasteiger partial charge in [-0.3, -0.25) is 9.59 Å². The van der Waals surface area contributed by atoms with Crippen LogP contribution in [0.3, 0.4) is 0 Å². The third kappa shape index (κ3) is 9.29. The van der Waals surface area contributed by atoms with E-state index in [1.807, 2.05) is 6.92 Å². The van der Waals surface area contributed by atoms with Crippen molar-refractivity contribution in [2.45, 2.75) is 97.9 Å². The summed E-state index contributed by atoms with van der Waals surface area (Å²) in [6, 6.07) is 21.7. The van der Waals surface area contributed by atoms with Gasteiger partial charge >= 0.3 is 0 Å². The first kappa shape index (κ1) is 32.1. The van der Waals surface area contributed by atoms with Crippen LogP contribution in [-0.2, 0) is 22.4 Å². The molecular formula is C36H54N2O2. The van der Waals surface area contributed by atoms with Crippen LogP contribution in [0.25, 0.3) is 0 Å². The fraction of sp³-hybridized carbons (Fsp3) is 0.611. The second-order valence-electron chi connectivity index (χ2n) is 12.1. The number of hydrogen-bond acceptors (Lipinski definition) is 3. The van der Waals surface area contributed by atoms with Gasteiger partial charge in [0.25, 0.3) is 0 Å². The molecule has 0 radical (unpaired) electrons. The number of ketones is 1. The molecule has 2 aliphatic rings. The lowest BCUT2D eigenvalue weighted by Gasteiger charge is -2.36. The van der Waals surface area contributed by atoms with Gasteiger partial charge in [-0.1, -0.05) is 101 Å². The highest BCUT2D eigenvalue weighted by atomic mass is 16.2. The first-order chi connectivity index (χ1) is 19.0. The van der Waals surface area contributed by atoms with Crippen LogP contribution in [0.15, 0.2) is 60.7 Å². The van der Waals surface area contributed by atoms with Crippen molar-refractivity contribution in [3.05, 3.63) is 71.8 Å². The quantitative estimate of drug-likeness (QED) is 0.245. The Morgan fingerprint density at radius 2 is 1.43 bits per heavy atom. The Labute approximate surface area is 244 Å². The fourth-order valence-electron chi connectivity index (χ4n) is 6.62. The molecule has 1 amide bonds. The lowest BCUT2D eigenvalue weighted by molar-refractivity contribution is -0.142. The fourth-order valence-corrected chi connectivity index (χ4v) is 6.62. The van der Waals surface area contributed by atoms with E-state index in [4.69, 9.17) is 0 Å². The van der Waals surface area contributed by atoms with E-state index < -0.39 is 0 Å². The first-order valence-electron chi connectivity index (χ1n) is 15.7. The summed E-state index contributed by atoms with van der Waals surface area (Å²) in [5.41, 5.74) is 2.73. The van der Waals surface area contributed by atoms with E-state index in [0.29, 0.717) is 12.3 Å². The molecule has 3 atom stereocenters. The smallest absolute Gasteiger partial charge is 0.226 e. The van der Waals surface area contributed by atoms with Crippen LogP contribution in [0.1, 0.15) is 90.2 Å². The zero-order chi connectivity index (χ0) is 27.5. The van der Waals surface area contributed by atoms with E-state index in [0.717, 1.165) is 71.1 Å². The number of likely N-dealkylation sites (tertiary alicyclic amines) is 1. The predicted molar refractivity (Wildman–Crippen MR) is 167 cm³/mol. The zero-order valence-electron chi connectivity index (χ0n) is 24.4. The molecule has 40 heavy (non-hydrogen) atoms. The monoisotopic (exact) mass is 546 g/mol.